The highest BCUT2D eigenvalue weighted by molar-refractivity contribution is 6.56. The van der Waals surface area contributed by atoms with E-state index >= 15 is 26.3 Å². The lowest BCUT2D eigenvalue weighted by molar-refractivity contribution is 0.219. The molecule has 314 valence electrons. The number of methoxy groups -OCH3 is 4. The second-order valence-electron chi connectivity index (χ2n) is 13.8. The van der Waals surface area contributed by atoms with Crippen molar-refractivity contribution in [2.75, 3.05) is 28.4 Å². The normalized spacial score (nSPS) is 15.1. The van der Waals surface area contributed by atoms with Crippen LogP contribution in [-0.4, -0.2) is 51.3 Å². The third-order valence-electron chi connectivity index (χ3n) is 10.3. The van der Waals surface area contributed by atoms with Gasteiger partial charge < -0.3 is 18.9 Å². The average molecular weight is 855 g/mol. The highest BCUT2D eigenvalue weighted by Gasteiger charge is 2.65. The van der Waals surface area contributed by atoms with Crippen LogP contribution in [0.15, 0.2) is 129 Å². The molecule has 8 nitrogen and oxygen atoms in total. The molecular formula is C46H30F8N4O4. The molecule has 2 aliphatic heterocycles. The molecule has 6 aromatic rings. The van der Waals surface area contributed by atoms with Crippen molar-refractivity contribution in [2.45, 2.75) is 11.3 Å². The molecule has 0 saturated carbocycles. The lowest BCUT2D eigenvalue weighted by atomic mass is 9.80. The number of benzene rings is 6. The number of ether oxygens (including phenoxy) is 4. The predicted octanol–water partition coefficient (Wildman–Crippen LogP) is 9.82. The Morgan fingerprint density at radius 1 is 0.339 bits per heavy atom. The highest BCUT2D eigenvalue weighted by atomic mass is 19.2. The molecule has 6 aromatic carbocycles. The van der Waals surface area contributed by atoms with E-state index in [4.69, 9.17) is 38.9 Å². The van der Waals surface area contributed by atoms with Crippen LogP contribution in [0, 0.1) is 46.5 Å². The molecule has 0 radical (unpaired) electrons. The molecule has 0 saturated heterocycles. The summed E-state index contributed by atoms with van der Waals surface area (Å²) in [4.78, 5) is 19.1. The molecule has 0 amide bonds. The molecule has 0 fully saturated rings. The van der Waals surface area contributed by atoms with Crippen LogP contribution < -0.4 is 18.9 Å². The van der Waals surface area contributed by atoms with Crippen LogP contribution in [0.5, 0.6) is 23.0 Å². The lowest BCUT2D eigenvalue weighted by Crippen LogP contribution is -2.46. The van der Waals surface area contributed by atoms with Crippen molar-refractivity contribution in [3.05, 3.63) is 189 Å². The van der Waals surface area contributed by atoms with E-state index in [1.165, 1.54) is 101 Å². The molecule has 0 aliphatic carbocycles. The van der Waals surface area contributed by atoms with Crippen molar-refractivity contribution in [2.24, 2.45) is 20.0 Å². The van der Waals surface area contributed by atoms with Gasteiger partial charge in [0.25, 0.3) is 0 Å². The first-order valence-electron chi connectivity index (χ1n) is 18.4. The van der Waals surface area contributed by atoms with Gasteiger partial charge in [-0.05, 0) is 48.5 Å². The SMILES string of the molecule is COc1cccc(C2=NC(c3c(F)cc(F)c(F)c3F)(C3(c4c(F)cc(F)c(F)c4F)N=C(c4cccc(OC)c4)C(c4cccc(OC)c4)=N3)N=C2c2cccc(OC)c2)c1. The van der Waals surface area contributed by atoms with E-state index in [1.54, 1.807) is 24.3 Å². The minimum atomic E-state index is -3.43. The Morgan fingerprint density at radius 2 is 0.597 bits per heavy atom. The lowest BCUT2D eigenvalue weighted by Gasteiger charge is -2.38. The second-order valence-corrected chi connectivity index (χ2v) is 13.8. The third kappa shape index (κ3) is 6.62. The van der Waals surface area contributed by atoms with E-state index in [-0.39, 0.29) is 80.2 Å². The van der Waals surface area contributed by atoms with E-state index < -0.39 is 69.0 Å². The first-order chi connectivity index (χ1) is 29.8. The quantitative estimate of drug-likeness (QED) is 0.0738. The van der Waals surface area contributed by atoms with Gasteiger partial charge in [-0.3, -0.25) is 0 Å². The summed E-state index contributed by atoms with van der Waals surface area (Å²) in [6, 6.07) is 24.0. The van der Waals surface area contributed by atoms with Crippen molar-refractivity contribution in [3.63, 3.8) is 0 Å². The predicted molar refractivity (Wildman–Crippen MR) is 214 cm³/mol. The van der Waals surface area contributed by atoms with Gasteiger partial charge in [-0.1, -0.05) is 48.5 Å². The van der Waals surface area contributed by atoms with Gasteiger partial charge in [-0.15, -0.1) is 0 Å². The Hall–Kier alpha value is -7.36. The van der Waals surface area contributed by atoms with Gasteiger partial charge in [-0.25, -0.2) is 55.1 Å². The zero-order valence-electron chi connectivity index (χ0n) is 32.8. The highest BCUT2D eigenvalue weighted by Crippen LogP contribution is 2.57. The summed E-state index contributed by atoms with van der Waals surface area (Å²) in [5.74, 6) is -15.7. The summed E-state index contributed by atoms with van der Waals surface area (Å²) < 4.78 is 151. The maximum atomic E-state index is 17.0. The Bertz CT molecular complexity index is 2610. The summed E-state index contributed by atoms with van der Waals surface area (Å²) in [5, 5.41) is 0. The Morgan fingerprint density at radius 3 is 0.839 bits per heavy atom. The van der Waals surface area contributed by atoms with Crippen LogP contribution >= 0.6 is 0 Å². The number of nitrogens with zero attached hydrogens (tertiary/aromatic N) is 4. The molecule has 0 atom stereocenters. The number of halogens is 8. The van der Waals surface area contributed by atoms with E-state index in [0.29, 0.717) is 0 Å². The minimum absolute atomic E-state index is 0.0186. The summed E-state index contributed by atoms with van der Waals surface area (Å²) in [5.41, 5.74) is -10.6. The first-order valence-corrected chi connectivity index (χ1v) is 18.4. The topological polar surface area (TPSA) is 86.4 Å². The molecular weight excluding hydrogens is 825 g/mol. The fraction of sp³-hybridized carbons (Fsp3) is 0.130. The Balaban J connectivity index is 1.65. The van der Waals surface area contributed by atoms with Crippen molar-refractivity contribution in [1.82, 2.24) is 0 Å². The molecule has 2 heterocycles. The number of hydrogen-bond donors (Lipinski definition) is 0. The molecule has 0 bridgehead atoms. The largest absolute Gasteiger partial charge is 0.497 e. The van der Waals surface area contributed by atoms with Crippen molar-refractivity contribution in [1.29, 1.82) is 0 Å². The minimum Gasteiger partial charge on any atom is -0.497 e. The average Bonchev–Trinajstić information content (AvgIpc) is 3.90. The molecule has 0 unspecified atom stereocenters. The van der Waals surface area contributed by atoms with Gasteiger partial charge in [0.1, 0.15) is 34.6 Å². The summed E-state index contributed by atoms with van der Waals surface area (Å²) >= 11 is 0. The summed E-state index contributed by atoms with van der Waals surface area (Å²) in [7, 11) is 5.42. The molecule has 2 aliphatic rings. The summed E-state index contributed by atoms with van der Waals surface area (Å²) in [6.07, 6.45) is 0. The van der Waals surface area contributed by atoms with E-state index in [1.807, 2.05) is 0 Å². The molecule has 0 N–H and O–H groups in total. The second kappa shape index (κ2) is 15.9. The summed E-state index contributed by atoms with van der Waals surface area (Å²) in [6.45, 7) is 0. The van der Waals surface area contributed by atoms with Gasteiger partial charge >= 0.3 is 0 Å². The number of hydrogen-bond acceptors (Lipinski definition) is 8. The van der Waals surface area contributed by atoms with E-state index in [9.17, 15) is 8.78 Å². The molecule has 8 rings (SSSR count). The molecule has 0 spiro atoms. The standard InChI is InChI=1S/C46H30F8N4O4/c1-59-27-13-5-9-23(17-27)41-42(24-10-6-14-28(18-24)60-2)56-45(55-41,35-31(47)21-33(49)37(51)39(35)53)46(36-32(48)22-34(50)38(52)40(36)54)57-43(25-11-7-15-29(19-25)61-3)44(58-46)26-12-8-16-30(20-26)62-4/h5-22H,1-4H3. The van der Waals surface area contributed by atoms with E-state index in [2.05, 4.69) is 0 Å². The van der Waals surface area contributed by atoms with Gasteiger partial charge in [0, 0.05) is 34.4 Å². The fourth-order valence-electron chi connectivity index (χ4n) is 7.45. The smallest absolute Gasteiger partial charge is 0.232 e. The van der Waals surface area contributed by atoms with Crippen LogP contribution in [-0.2, 0) is 11.3 Å². The molecule has 16 heteroatoms. The van der Waals surface area contributed by atoms with Gasteiger partial charge in [0.05, 0.1) is 62.4 Å². The zero-order chi connectivity index (χ0) is 44.1. The number of aliphatic imine (C=N–C) groups is 4. The van der Waals surface area contributed by atoms with Crippen LogP contribution in [0.1, 0.15) is 33.4 Å². The van der Waals surface area contributed by atoms with Crippen LogP contribution in [0.25, 0.3) is 0 Å². The zero-order valence-corrected chi connectivity index (χ0v) is 32.8. The van der Waals surface area contributed by atoms with Gasteiger partial charge in [0.15, 0.2) is 34.9 Å². The van der Waals surface area contributed by atoms with Gasteiger partial charge in [0.2, 0.25) is 11.3 Å². The fourth-order valence-corrected chi connectivity index (χ4v) is 7.45. The molecule has 62 heavy (non-hydrogen) atoms. The van der Waals surface area contributed by atoms with Crippen molar-refractivity contribution in [3.8, 4) is 23.0 Å². The van der Waals surface area contributed by atoms with Crippen molar-refractivity contribution < 1.29 is 54.1 Å². The van der Waals surface area contributed by atoms with Gasteiger partial charge in [-0.2, -0.15) is 0 Å². The monoisotopic (exact) mass is 854 g/mol. The van der Waals surface area contributed by atoms with E-state index in [0.717, 1.165) is 0 Å². The Labute approximate surface area is 348 Å². The maximum absolute atomic E-state index is 17.0. The Kier molecular flexibility index (Phi) is 10.6. The van der Waals surface area contributed by atoms with Crippen LogP contribution in [0.4, 0.5) is 35.1 Å². The molecule has 0 aromatic heterocycles. The van der Waals surface area contributed by atoms with Crippen LogP contribution in [0.2, 0.25) is 0 Å². The number of rotatable bonds is 11. The third-order valence-corrected chi connectivity index (χ3v) is 10.3. The van der Waals surface area contributed by atoms with Crippen LogP contribution in [0.3, 0.4) is 0 Å². The maximum Gasteiger partial charge on any atom is 0.232 e. The van der Waals surface area contributed by atoms with Crippen molar-refractivity contribution >= 4 is 22.8 Å². The first kappa shape index (κ1) is 41.4.